The quantitative estimate of drug-likeness (QED) is 0.418. The van der Waals surface area contributed by atoms with E-state index >= 15 is 0 Å². The number of methoxy groups -OCH3 is 1. The summed E-state index contributed by atoms with van der Waals surface area (Å²) in [5.74, 6) is 0.0818. The van der Waals surface area contributed by atoms with E-state index in [1.807, 2.05) is 12.1 Å². The number of likely N-dealkylation sites (N-methyl/N-ethyl adjacent to an activating group) is 1. The monoisotopic (exact) mass is 571 g/mol. The number of ether oxygens (including phenoxy) is 1. The van der Waals surface area contributed by atoms with Crippen molar-refractivity contribution in [3.8, 4) is 5.75 Å². The molecule has 39 heavy (non-hydrogen) atoms. The number of rotatable bonds is 9. The van der Waals surface area contributed by atoms with Gasteiger partial charge in [-0.25, -0.2) is 17.7 Å². The van der Waals surface area contributed by atoms with Crippen LogP contribution in [-0.4, -0.2) is 86.3 Å². The van der Waals surface area contributed by atoms with Crippen LogP contribution in [0.5, 0.6) is 5.75 Å². The highest BCUT2D eigenvalue weighted by molar-refractivity contribution is 7.88. The van der Waals surface area contributed by atoms with Crippen LogP contribution < -0.4 is 20.7 Å². The Morgan fingerprint density at radius 2 is 1.92 bits per heavy atom. The summed E-state index contributed by atoms with van der Waals surface area (Å²) < 4.78 is 72.8. The molecule has 4 rings (SSSR count). The fourth-order valence-electron chi connectivity index (χ4n) is 5.08. The van der Waals surface area contributed by atoms with Crippen LogP contribution in [0, 0.1) is 0 Å². The molecular weight excluding hydrogens is 535 g/mol. The minimum Gasteiger partial charge on any atom is -0.495 e. The van der Waals surface area contributed by atoms with Crippen LogP contribution in [0.3, 0.4) is 0 Å². The van der Waals surface area contributed by atoms with Crippen LogP contribution in [-0.2, 0) is 22.7 Å². The molecule has 2 aromatic rings. The lowest BCUT2D eigenvalue weighted by Gasteiger charge is -2.37. The van der Waals surface area contributed by atoms with Crippen molar-refractivity contribution in [2.75, 3.05) is 57.2 Å². The summed E-state index contributed by atoms with van der Waals surface area (Å²) in [7, 11) is -0.551. The van der Waals surface area contributed by atoms with Gasteiger partial charge >= 0.3 is 6.18 Å². The normalized spacial score (nSPS) is 21.1. The van der Waals surface area contributed by atoms with E-state index in [-0.39, 0.29) is 5.95 Å². The molecule has 14 heteroatoms. The fraction of sp³-hybridized carbons (Fsp3) is 0.600. The van der Waals surface area contributed by atoms with Crippen LogP contribution in [0.25, 0.3) is 0 Å². The molecule has 1 saturated heterocycles. The third-order valence-electron chi connectivity index (χ3n) is 7.26. The van der Waals surface area contributed by atoms with Gasteiger partial charge < -0.3 is 20.7 Å². The first-order chi connectivity index (χ1) is 18.5. The van der Waals surface area contributed by atoms with Crippen molar-refractivity contribution in [2.24, 2.45) is 0 Å². The lowest BCUT2D eigenvalue weighted by Crippen LogP contribution is -2.49. The summed E-state index contributed by atoms with van der Waals surface area (Å²) >= 11 is 0. The molecule has 2 atom stereocenters. The van der Waals surface area contributed by atoms with Gasteiger partial charge in [-0.05, 0) is 30.5 Å². The zero-order chi connectivity index (χ0) is 28.2. The molecule has 216 valence electrons. The summed E-state index contributed by atoms with van der Waals surface area (Å²) in [4.78, 5) is 10.4. The summed E-state index contributed by atoms with van der Waals surface area (Å²) in [5, 5.41) is 9.22. The van der Waals surface area contributed by atoms with Crippen molar-refractivity contribution in [1.82, 2.24) is 24.5 Å². The van der Waals surface area contributed by atoms with E-state index in [4.69, 9.17) is 4.74 Å². The molecule has 3 N–H and O–H groups in total. The van der Waals surface area contributed by atoms with Gasteiger partial charge in [0, 0.05) is 58.1 Å². The third kappa shape index (κ3) is 7.50. The van der Waals surface area contributed by atoms with Gasteiger partial charge in [-0.1, -0.05) is 18.9 Å². The molecule has 0 bridgehead atoms. The molecule has 1 aliphatic heterocycles. The molecule has 1 aliphatic carbocycles. The minimum atomic E-state index is -4.70. The van der Waals surface area contributed by atoms with Gasteiger partial charge in [-0.3, -0.25) is 4.90 Å². The number of nitrogens with one attached hydrogen (secondary N) is 3. The van der Waals surface area contributed by atoms with E-state index in [0.29, 0.717) is 24.3 Å². The van der Waals surface area contributed by atoms with Crippen LogP contribution in [0.2, 0.25) is 0 Å². The smallest absolute Gasteiger partial charge is 0.421 e. The maximum absolute atomic E-state index is 13.9. The van der Waals surface area contributed by atoms with Crippen molar-refractivity contribution in [2.45, 2.75) is 50.5 Å². The summed E-state index contributed by atoms with van der Waals surface area (Å²) in [5.41, 5.74) is 0.547. The molecule has 0 radical (unpaired) electrons. The molecule has 0 spiro atoms. The molecule has 0 amide bonds. The zero-order valence-corrected chi connectivity index (χ0v) is 23.2. The molecule has 2 heterocycles. The highest BCUT2D eigenvalue weighted by Gasteiger charge is 2.38. The highest BCUT2D eigenvalue weighted by Crippen LogP contribution is 2.37. The summed E-state index contributed by atoms with van der Waals surface area (Å²) in [6, 6.07) is 4.58. The molecule has 2 aliphatic rings. The maximum Gasteiger partial charge on any atom is 0.421 e. The lowest BCUT2D eigenvalue weighted by molar-refractivity contribution is -0.137. The van der Waals surface area contributed by atoms with E-state index < -0.39 is 39.7 Å². The van der Waals surface area contributed by atoms with Crippen molar-refractivity contribution >= 4 is 27.5 Å². The number of nitrogens with zero attached hydrogens (tertiary/aromatic N) is 4. The molecule has 10 nitrogen and oxygen atoms in total. The molecule has 1 saturated carbocycles. The molecule has 1 aromatic carbocycles. The number of hydrogen-bond donors (Lipinski definition) is 3. The minimum absolute atomic E-state index is 0.0394. The largest absolute Gasteiger partial charge is 0.495 e. The first-order valence-electron chi connectivity index (χ1n) is 13.0. The average Bonchev–Trinajstić information content (AvgIpc) is 2.89. The predicted octanol–water partition coefficient (Wildman–Crippen LogP) is 3.27. The Morgan fingerprint density at radius 1 is 1.21 bits per heavy atom. The number of piperazine rings is 1. The van der Waals surface area contributed by atoms with E-state index in [1.165, 1.54) is 18.5 Å². The van der Waals surface area contributed by atoms with Crippen molar-refractivity contribution in [3.63, 3.8) is 0 Å². The number of alkyl halides is 3. The molecular formula is C25H36F3N7O3S. The van der Waals surface area contributed by atoms with Crippen molar-refractivity contribution in [1.29, 1.82) is 0 Å². The van der Waals surface area contributed by atoms with E-state index in [2.05, 4.69) is 30.8 Å². The second-order valence-electron chi connectivity index (χ2n) is 10.0. The number of aromatic nitrogens is 2. The predicted molar refractivity (Wildman–Crippen MR) is 144 cm³/mol. The fourth-order valence-corrected chi connectivity index (χ4v) is 5.83. The number of halogens is 3. The van der Waals surface area contributed by atoms with Gasteiger partial charge in [0.2, 0.25) is 16.0 Å². The number of anilines is 3. The second-order valence-corrected chi connectivity index (χ2v) is 12.1. The average molecular weight is 572 g/mol. The Bertz CT molecular complexity index is 1240. The Labute approximate surface area is 227 Å². The number of hydrogen-bond acceptors (Lipinski definition) is 9. The van der Waals surface area contributed by atoms with Crippen LogP contribution >= 0.6 is 0 Å². The van der Waals surface area contributed by atoms with Gasteiger partial charge in [0.25, 0.3) is 0 Å². The van der Waals surface area contributed by atoms with Crippen molar-refractivity contribution < 1.29 is 26.3 Å². The summed E-state index contributed by atoms with van der Waals surface area (Å²) in [6.45, 7) is 4.52. The first kappa shape index (κ1) is 29.3. The van der Waals surface area contributed by atoms with Crippen LogP contribution in [0.15, 0.2) is 24.4 Å². The molecule has 0 unspecified atom stereocenters. The van der Waals surface area contributed by atoms with Gasteiger partial charge in [-0.15, -0.1) is 0 Å². The van der Waals surface area contributed by atoms with Crippen LogP contribution in [0.4, 0.5) is 30.6 Å². The Kier molecular flexibility index (Phi) is 9.19. The second kappa shape index (κ2) is 12.2. The van der Waals surface area contributed by atoms with E-state index in [0.717, 1.165) is 63.6 Å². The number of sulfonamides is 1. The Hall–Kier alpha value is -2.68. The molecule has 2 fully saturated rings. The third-order valence-corrected chi connectivity index (χ3v) is 8.58. The van der Waals surface area contributed by atoms with Gasteiger partial charge in [0.15, 0.2) is 0 Å². The van der Waals surface area contributed by atoms with E-state index in [1.54, 1.807) is 6.07 Å². The maximum atomic E-state index is 13.9. The lowest BCUT2D eigenvalue weighted by atomic mass is 9.90. The van der Waals surface area contributed by atoms with Crippen LogP contribution in [0.1, 0.15) is 36.8 Å². The SMILES string of the molecule is COc1cc(CN2CCNCC2)ccc1Nc1ncc(C(F)(F)F)c(N[C@@H]2CCCC[C@H]2N(C)S(C)(=O)=O)n1. The van der Waals surface area contributed by atoms with Gasteiger partial charge in [0.05, 0.1) is 19.1 Å². The van der Waals surface area contributed by atoms with E-state index in [9.17, 15) is 21.6 Å². The zero-order valence-electron chi connectivity index (χ0n) is 22.4. The standard InChI is InChI=1S/C25H36F3N7O3S/c1-34(39(3,36)37)21-7-5-4-6-19(21)31-23-18(25(26,27)28)15-30-24(33-23)32-20-9-8-17(14-22(20)38-2)16-35-12-10-29-11-13-35/h8-9,14-15,19,21,29H,4-7,10-13,16H2,1-3H3,(H2,30,31,32,33)/t19-,21-/m1/s1. The topological polar surface area (TPSA) is 112 Å². The van der Waals surface area contributed by atoms with Gasteiger partial charge in [0.1, 0.15) is 17.1 Å². The number of benzene rings is 1. The Morgan fingerprint density at radius 3 is 2.59 bits per heavy atom. The Balaban J connectivity index is 1.58. The summed E-state index contributed by atoms with van der Waals surface area (Å²) in [6.07, 6.45) is -0.267. The highest BCUT2D eigenvalue weighted by atomic mass is 32.2. The van der Waals surface area contributed by atoms with Gasteiger partial charge in [-0.2, -0.15) is 18.2 Å². The first-order valence-corrected chi connectivity index (χ1v) is 14.8. The molecule has 1 aromatic heterocycles. The van der Waals surface area contributed by atoms with Crippen molar-refractivity contribution in [3.05, 3.63) is 35.5 Å².